The third-order valence-electron chi connectivity index (χ3n) is 4.07. The van der Waals surface area contributed by atoms with Gasteiger partial charge < -0.3 is 10.1 Å². The highest BCUT2D eigenvalue weighted by molar-refractivity contribution is 7.92. The Morgan fingerprint density at radius 3 is 2.31 bits per heavy atom. The van der Waals surface area contributed by atoms with Crippen molar-refractivity contribution in [3.05, 3.63) is 65.4 Å². The maximum absolute atomic E-state index is 12.5. The number of aromatic nitrogens is 2. The number of benzene rings is 2. The Morgan fingerprint density at radius 1 is 1.10 bits per heavy atom. The average molecular weight is 435 g/mol. The van der Waals surface area contributed by atoms with Crippen LogP contribution in [-0.4, -0.2) is 31.2 Å². The molecule has 8 nitrogen and oxygen atoms in total. The first-order valence-electron chi connectivity index (χ1n) is 8.63. The molecule has 0 bridgehead atoms. The van der Waals surface area contributed by atoms with Gasteiger partial charge in [0.2, 0.25) is 0 Å². The summed E-state index contributed by atoms with van der Waals surface area (Å²) in [5, 5.41) is 6.95. The van der Waals surface area contributed by atoms with Crippen molar-refractivity contribution in [3.63, 3.8) is 0 Å². The first-order valence-corrected chi connectivity index (χ1v) is 10.5. The molecule has 1 heterocycles. The summed E-state index contributed by atoms with van der Waals surface area (Å²) in [6, 6.07) is 12.3. The molecule has 2 N–H and O–H groups in total. The maximum Gasteiger partial charge on any atom is 0.275 e. The van der Waals surface area contributed by atoms with Gasteiger partial charge >= 0.3 is 0 Å². The standard InChI is InChI=1S/C19H19ClN4O4S/c1-3-24-18(17(20)12-21-24)19(25)22-13-6-10-16(11-7-13)29(26,27)23-14-4-8-15(28-2)9-5-14/h4-12,23H,3H2,1-2H3,(H,22,25). The topological polar surface area (TPSA) is 102 Å². The number of anilines is 2. The summed E-state index contributed by atoms with van der Waals surface area (Å²) in [5.41, 5.74) is 1.08. The number of amides is 1. The Labute approximate surface area is 173 Å². The summed E-state index contributed by atoms with van der Waals surface area (Å²) < 4.78 is 34.1. The Hall–Kier alpha value is -3.04. The van der Waals surface area contributed by atoms with Crippen LogP contribution in [-0.2, 0) is 16.6 Å². The summed E-state index contributed by atoms with van der Waals surface area (Å²) in [4.78, 5) is 12.5. The molecule has 0 aliphatic heterocycles. The maximum atomic E-state index is 12.5. The van der Waals surface area contributed by atoms with Crippen LogP contribution in [0.2, 0.25) is 5.02 Å². The van der Waals surface area contributed by atoms with E-state index in [1.54, 1.807) is 24.3 Å². The van der Waals surface area contributed by atoms with E-state index < -0.39 is 15.9 Å². The lowest BCUT2D eigenvalue weighted by Gasteiger charge is -2.10. The van der Waals surface area contributed by atoms with Gasteiger partial charge in [-0.1, -0.05) is 11.6 Å². The van der Waals surface area contributed by atoms with Crippen molar-refractivity contribution in [2.24, 2.45) is 0 Å². The second-order valence-electron chi connectivity index (χ2n) is 5.97. The van der Waals surface area contributed by atoms with Crippen molar-refractivity contribution in [3.8, 4) is 5.75 Å². The molecule has 0 fully saturated rings. The van der Waals surface area contributed by atoms with E-state index in [-0.39, 0.29) is 15.6 Å². The molecule has 0 unspecified atom stereocenters. The number of carbonyl (C=O) groups is 1. The van der Waals surface area contributed by atoms with Gasteiger partial charge in [0.25, 0.3) is 15.9 Å². The predicted octanol–water partition coefficient (Wildman–Crippen LogP) is 3.62. The Balaban J connectivity index is 1.73. The zero-order valence-corrected chi connectivity index (χ0v) is 17.3. The lowest BCUT2D eigenvalue weighted by molar-refractivity contribution is 0.101. The summed E-state index contributed by atoms with van der Waals surface area (Å²) in [5.74, 6) is 0.193. The number of nitrogens with one attached hydrogen (secondary N) is 2. The summed E-state index contributed by atoms with van der Waals surface area (Å²) >= 11 is 6.03. The molecule has 0 spiro atoms. The minimum absolute atomic E-state index is 0.0583. The van der Waals surface area contributed by atoms with Gasteiger partial charge in [0, 0.05) is 17.9 Å². The normalized spacial score (nSPS) is 11.1. The Morgan fingerprint density at radius 2 is 1.72 bits per heavy atom. The van der Waals surface area contributed by atoms with E-state index in [9.17, 15) is 13.2 Å². The van der Waals surface area contributed by atoms with Crippen molar-refractivity contribution in [1.29, 1.82) is 0 Å². The van der Waals surface area contributed by atoms with Gasteiger partial charge in [0.15, 0.2) is 0 Å². The zero-order valence-electron chi connectivity index (χ0n) is 15.7. The van der Waals surface area contributed by atoms with Gasteiger partial charge in [-0.3, -0.25) is 14.2 Å². The average Bonchev–Trinajstić information content (AvgIpc) is 3.09. The lowest BCUT2D eigenvalue weighted by atomic mass is 10.3. The molecular formula is C19H19ClN4O4S. The molecule has 1 aromatic heterocycles. The monoisotopic (exact) mass is 434 g/mol. The molecule has 0 atom stereocenters. The number of ether oxygens (including phenoxy) is 1. The van der Waals surface area contributed by atoms with Crippen LogP contribution < -0.4 is 14.8 Å². The molecule has 1 amide bonds. The van der Waals surface area contributed by atoms with Gasteiger partial charge in [-0.2, -0.15) is 5.10 Å². The van der Waals surface area contributed by atoms with Crippen LogP contribution in [0.25, 0.3) is 0 Å². The fourth-order valence-corrected chi connectivity index (χ4v) is 3.89. The van der Waals surface area contributed by atoms with Crippen molar-refractivity contribution in [1.82, 2.24) is 9.78 Å². The quantitative estimate of drug-likeness (QED) is 0.591. The van der Waals surface area contributed by atoms with Crippen LogP contribution in [0.1, 0.15) is 17.4 Å². The molecule has 0 aliphatic carbocycles. The van der Waals surface area contributed by atoms with Gasteiger partial charge in [-0.05, 0) is 55.5 Å². The van der Waals surface area contributed by atoms with E-state index in [0.29, 0.717) is 23.7 Å². The highest BCUT2D eigenvalue weighted by atomic mass is 35.5. The summed E-state index contributed by atoms with van der Waals surface area (Å²) in [6.07, 6.45) is 1.40. The van der Waals surface area contributed by atoms with Gasteiger partial charge in [-0.25, -0.2) is 8.42 Å². The van der Waals surface area contributed by atoms with E-state index in [4.69, 9.17) is 16.3 Å². The van der Waals surface area contributed by atoms with E-state index >= 15 is 0 Å². The molecule has 0 saturated carbocycles. The fourth-order valence-electron chi connectivity index (χ4n) is 2.61. The smallest absolute Gasteiger partial charge is 0.275 e. The number of hydrogen-bond donors (Lipinski definition) is 2. The van der Waals surface area contributed by atoms with Crippen molar-refractivity contribution in [2.75, 3.05) is 17.1 Å². The number of nitrogens with zero attached hydrogens (tertiary/aromatic N) is 2. The first-order chi connectivity index (χ1) is 13.8. The number of hydrogen-bond acceptors (Lipinski definition) is 5. The molecule has 10 heteroatoms. The molecular weight excluding hydrogens is 416 g/mol. The van der Waals surface area contributed by atoms with Crippen LogP contribution >= 0.6 is 11.6 Å². The summed E-state index contributed by atoms with van der Waals surface area (Å²) in [7, 11) is -2.25. The van der Waals surface area contributed by atoms with E-state index in [0.717, 1.165) is 0 Å². The number of aryl methyl sites for hydroxylation is 1. The fraction of sp³-hybridized carbons (Fsp3) is 0.158. The highest BCUT2D eigenvalue weighted by Gasteiger charge is 2.18. The highest BCUT2D eigenvalue weighted by Crippen LogP contribution is 2.22. The number of carbonyl (C=O) groups excluding carboxylic acids is 1. The number of rotatable bonds is 7. The van der Waals surface area contributed by atoms with Crippen LogP contribution in [0, 0.1) is 0 Å². The van der Waals surface area contributed by atoms with Gasteiger partial charge in [0.05, 0.1) is 23.2 Å². The molecule has 3 rings (SSSR count). The molecule has 3 aromatic rings. The van der Waals surface area contributed by atoms with E-state index in [1.165, 1.54) is 42.3 Å². The minimum atomic E-state index is -3.78. The predicted molar refractivity (Wildman–Crippen MR) is 111 cm³/mol. The molecule has 29 heavy (non-hydrogen) atoms. The third-order valence-corrected chi connectivity index (χ3v) is 5.75. The van der Waals surface area contributed by atoms with Crippen molar-refractivity contribution in [2.45, 2.75) is 18.4 Å². The van der Waals surface area contributed by atoms with Crippen LogP contribution in [0.15, 0.2) is 59.6 Å². The van der Waals surface area contributed by atoms with Gasteiger partial charge in [-0.15, -0.1) is 0 Å². The summed E-state index contributed by atoms with van der Waals surface area (Å²) in [6.45, 7) is 2.33. The minimum Gasteiger partial charge on any atom is -0.497 e. The molecule has 152 valence electrons. The third kappa shape index (κ3) is 4.69. The zero-order chi connectivity index (χ0) is 21.0. The number of halogens is 1. The second-order valence-corrected chi connectivity index (χ2v) is 8.06. The largest absolute Gasteiger partial charge is 0.497 e. The van der Waals surface area contributed by atoms with Gasteiger partial charge in [0.1, 0.15) is 11.4 Å². The SMILES string of the molecule is CCn1ncc(Cl)c1C(=O)Nc1ccc(S(=O)(=O)Nc2ccc(OC)cc2)cc1. The van der Waals surface area contributed by atoms with Crippen LogP contribution in [0.3, 0.4) is 0 Å². The number of sulfonamides is 1. The first kappa shape index (κ1) is 20.7. The Bertz CT molecular complexity index is 1110. The van der Waals surface area contributed by atoms with Crippen molar-refractivity contribution < 1.29 is 17.9 Å². The van der Waals surface area contributed by atoms with Crippen LogP contribution in [0.4, 0.5) is 11.4 Å². The van der Waals surface area contributed by atoms with E-state index in [1.807, 2.05) is 6.92 Å². The van der Waals surface area contributed by atoms with E-state index in [2.05, 4.69) is 15.1 Å². The molecule has 0 radical (unpaired) electrons. The second kappa shape index (κ2) is 8.54. The molecule has 0 saturated heterocycles. The number of methoxy groups -OCH3 is 1. The molecule has 2 aromatic carbocycles. The molecule has 0 aliphatic rings. The van der Waals surface area contributed by atoms with Crippen LogP contribution in [0.5, 0.6) is 5.75 Å². The van der Waals surface area contributed by atoms with Crippen molar-refractivity contribution >= 4 is 38.9 Å². The Kier molecular flexibility index (Phi) is 6.09. The lowest BCUT2D eigenvalue weighted by Crippen LogP contribution is -2.18.